The number of carbonyl (C=O) groups excluding carboxylic acids is 1. The predicted octanol–water partition coefficient (Wildman–Crippen LogP) is 1.92. The highest BCUT2D eigenvalue weighted by molar-refractivity contribution is 5.92. The van der Waals surface area contributed by atoms with E-state index in [1.807, 2.05) is 25.1 Å². The van der Waals surface area contributed by atoms with Crippen LogP contribution in [-0.2, 0) is 11.2 Å². The van der Waals surface area contributed by atoms with Crippen LogP contribution in [0.5, 0.6) is 0 Å². The van der Waals surface area contributed by atoms with Crippen LogP contribution in [-0.4, -0.2) is 22.6 Å². The number of nitrogens with zero attached hydrogens (tertiary/aromatic N) is 1. The quantitative estimate of drug-likeness (QED) is 0.844. The second-order valence-corrected chi connectivity index (χ2v) is 4.58. The van der Waals surface area contributed by atoms with Gasteiger partial charge in [-0.3, -0.25) is 9.78 Å². The number of rotatable bonds is 3. The first-order valence-corrected chi connectivity index (χ1v) is 6.58. The first kappa shape index (κ1) is 14.8. The van der Waals surface area contributed by atoms with E-state index in [0.717, 1.165) is 16.7 Å². The van der Waals surface area contributed by atoms with Gasteiger partial charge in [0.05, 0.1) is 6.42 Å². The molecule has 0 atom stereocenters. The first-order chi connectivity index (χ1) is 10.2. The summed E-state index contributed by atoms with van der Waals surface area (Å²) in [6, 6.07) is 9.19. The fourth-order valence-corrected chi connectivity index (χ4v) is 1.86. The highest BCUT2D eigenvalue weighted by atomic mass is 16.2. The van der Waals surface area contributed by atoms with Gasteiger partial charge in [-0.05, 0) is 36.2 Å². The van der Waals surface area contributed by atoms with Gasteiger partial charge in [-0.1, -0.05) is 24.0 Å². The van der Waals surface area contributed by atoms with Crippen LogP contribution in [0, 0.1) is 18.8 Å². The topological polar surface area (TPSA) is 62.2 Å². The molecule has 4 nitrogen and oxygen atoms in total. The van der Waals surface area contributed by atoms with Gasteiger partial charge in [-0.2, -0.15) is 0 Å². The number of aryl methyl sites for hydroxylation is 1. The molecule has 106 valence electrons. The molecule has 2 N–H and O–H groups in total. The molecular weight excluding hydrogens is 264 g/mol. The Kier molecular flexibility index (Phi) is 5.08. The van der Waals surface area contributed by atoms with Crippen molar-refractivity contribution in [2.75, 3.05) is 11.9 Å². The Morgan fingerprint density at radius 3 is 2.95 bits per heavy atom. The monoisotopic (exact) mass is 280 g/mol. The van der Waals surface area contributed by atoms with E-state index in [0.29, 0.717) is 5.69 Å². The molecule has 0 radical (unpaired) electrons. The smallest absolute Gasteiger partial charge is 0.228 e. The molecule has 0 spiro atoms. The number of aromatic nitrogens is 1. The minimum atomic E-state index is -0.183. The van der Waals surface area contributed by atoms with Crippen molar-refractivity contribution in [3.63, 3.8) is 0 Å². The Morgan fingerprint density at radius 2 is 2.24 bits per heavy atom. The summed E-state index contributed by atoms with van der Waals surface area (Å²) in [5.74, 6) is 5.37. The number of carbonyl (C=O) groups is 1. The van der Waals surface area contributed by atoms with Crippen LogP contribution in [0.1, 0.15) is 16.7 Å². The molecule has 1 heterocycles. The lowest BCUT2D eigenvalue weighted by Crippen LogP contribution is -2.14. The van der Waals surface area contributed by atoms with Crippen molar-refractivity contribution in [2.45, 2.75) is 13.3 Å². The van der Waals surface area contributed by atoms with Gasteiger partial charge in [0.25, 0.3) is 0 Å². The maximum atomic E-state index is 12.0. The molecule has 0 aliphatic rings. The number of benzene rings is 1. The lowest BCUT2D eigenvalue weighted by atomic mass is 10.1. The summed E-state index contributed by atoms with van der Waals surface area (Å²) in [6.07, 6.45) is 3.62. The standard InChI is InChI=1S/C17H16N2O2/c1-13-6-7-16(11-15(13)5-3-9-20)19-17(21)10-14-4-2-8-18-12-14/h2,4,6-8,11-12,20H,9-10H2,1H3,(H,19,21). The van der Waals surface area contributed by atoms with Crippen LogP contribution >= 0.6 is 0 Å². The van der Waals surface area contributed by atoms with Crippen LogP contribution in [0.4, 0.5) is 5.69 Å². The minimum absolute atomic E-state index is 0.104. The summed E-state index contributed by atoms with van der Waals surface area (Å²) < 4.78 is 0. The van der Waals surface area contributed by atoms with Crippen LogP contribution in [0.25, 0.3) is 0 Å². The van der Waals surface area contributed by atoms with E-state index in [1.54, 1.807) is 24.5 Å². The molecule has 0 aliphatic carbocycles. The predicted molar refractivity (Wildman–Crippen MR) is 81.7 cm³/mol. The maximum absolute atomic E-state index is 12.0. The van der Waals surface area contributed by atoms with Crippen molar-refractivity contribution in [1.82, 2.24) is 4.98 Å². The summed E-state index contributed by atoms with van der Waals surface area (Å²) in [7, 11) is 0. The molecule has 0 aliphatic heterocycles. The Balaban J connectivity index is 2.07. The zero-order valence-electron chi connectivity index (χ0n) is 11.8. The second kappa shape index (κ2) is 7.22. The molecule has 0 saturated heterocycles. The van der Waals surface area contributed by atoms with E-state index in [-0.39, 0.29) is 18.9 Å². The SMILES string of the molecule is Cc1ccc(NC(=O)Cc2cccnc2)cc1C#CCO. The summed E-state index contributed by atoms with van der Waals surface area (Å²) in [6.45, 7) is 1.75. The number of pyridine rings is 1. The van der Waals surface area contributed by atoms with Crippen LogP contribution in [0.2, 0.25) is 0 Å². The van der Waals surface area contributed by atoms with Gasteiger partial charge in [0.15, 0.2) is 0 Å². The maximum Gasteiger partial charge on any atom is 0.228 e. The van der Waals surface area contributed by atoms with Gasteiger partial charge < -0.3 is 10.4 Å². The average molecular weight is 280 g/mol. The zero-order valence-corrected chi connectivity index (χ0v) is 11.8. The highest BCUT2D eigenvalue weighted by Gasteiger charge is 2.05. The summed E-state index contributed by atoms with van der Waals surface area (Å²) in [5.41, 5.74) is 3.35. The lowest BCUT2D eigenvalue weighted by molar-refractivity contribution is -0.115. The molecular formula is C17H16N2O2. The van der Waals surface area contributed by atoms with Crippen LogP contribution in [0.15, 0.2) is 42.7 Å². The number of hydrogen-bond acceptors (Lipinski definition) is 3. The number of aliphatic hydroxyl groups is 1. The second-order valence-electron chi connectivity index (χ2n) is 4.58. The first-order valence-electron chi connectivity index (χ1n) is 6.58. The largest absolute Gasteiger partial charge is 0.384 e. The molecule has 0 saturated carbocycles. The molecule has 2 aromatic rings. The van der Waals surface area contributed by atoms with Gasteiger partial charge in [0.1, 0.15) is 6.61 Å². The molecule has 1 aromatic heterocycles. The minimum Gasteiger partial charge on any atom is -0.384 e. The molecule has 0 bridgehead atoms. The fraction of sp³-hybridized carbons (Fsp3) is 0.176. The summed E-state index contributed by atoms with van der Waals surface area (Å²) in [4.78, 5) is 16.0. The molecule has 1 aromatic carbocycles. The van der Waals surface area contributed by atoms with Crippen molar-refractivity contribution in [3.8, 4) is 11.8 Å². The highest BCUT2D eigenvalue weighted by Crippen LogP contribution is 2.15. The summed E-state index contributed by atoms with van der Waals surface area (Å²) in [5, 5.41) is 11.6. The Labute approximate surface area is 123 Å². The number of amides is 1. The van der Waals surface area contributed by atoms with Gasteiger partial charge in [0, 0.05) is 23.6 Å². The van der Waals surface area contributed by atoms with Gasteiger partial charge >= 0.3 is 0 Å². The number of anilines is 1. The summed E-state index contributed by atoms with van der Waals surface area (Å²) >= 11 is 0. The lowest BCUT2D eigenvalue weighted by Gasteiger charge is -2.07. The normalized spacial score (nSPS) is 9.62. The van der Waals surface area contributed by atoms with E-state index in [4.69, 9.17) is 5.11 Å². The number of nitrogens with one attached hydrogen (secondary N) is 1. The molecule has 21 heavy (non-hydrogen) atoms. The van der Waals surface area contributed by atoms with E-state index in [2.05, 4.69) is 22.1 Å². The third-order valence-corrected chi connectivity index (χ3v) is 2.91. The van der Waals surface area contributed by atoms with Crippen molar-refractivity contribution in [1.29, 1.82) is 0 Å². The van der Waals surface area contributed by atoms with Crippen molar-refractivity contribution in [3.05, 3.63) is 59.4 Å². The van der Waals surface area contributed by atoms with Crippen molar-refractivity contribution < 1.29 is 9.90 Å². The Bertz CT molecular complexity index is 685. The number of aliphatic hydroxyl groups excluding tert-OH is 1. The molecule has 1 amide bonds. The third-order valence-electron chi connectivity index (χ3n) is 2.91. The van der Waals surface area contributed by atoms with E-state index >= 15 is 0 Å². The van der Waals surface area contributed by atoms with E-state index in [1.165, 1.54) is 0 Å². The van der Waals surface area contributed by atoms with Gasteiger partial charge in [0.2, 0.25) is 5.91 Å². The van der Waals surface area contributed by atoms with Crippen molar-refractivity contribution in [2.24, 2.45) is 0 Å². The molecule has 2 rings (SSSR count). The Morgan fingerprint density at radius 1 is 1.38 bits per heavy atom. The Hall–Kier alpha value is -2.64. The van der Waals surface area contributed by atoms with Crippen molar-refractivity contribution >= 4 is 11.6 Å². The number of hydrogen-bond donors (Lipinski definition) is 2. The van der Waals surface area contributed by atoms with Crippen LogP contribution < -0.4 is 5.32 Å². The van der Waals surface area contributed by atoms with E-state index < -0.39 is 0 Å². The van der Waals surface area contributed by atoms with Crippen LogP contribution in [0.3, 0.4) is 0 Å². The zero-order chi connectivity index (χ0) is 15.1. The van der Waals surface area contributed by atoms with E-state index in [9.17, 15) is 4.79 Å². The molecule has 0 unspecified atom stereocenters. The van der Waals surface area contributed by atoms with Gasteiger partial charge in [-0.25, -0.2) is 0 Å². The third kappa shape index (κ3) is 4.44. The average Bonchev–Trinajstić information content (AvgIpc) is 2.48. The fourth-order valence-electron chi connectivity index (χ4n) is 1.86. The molecule has 0 fully saturated rings. The molecule has 4 heteroatoms. The van der Waals surface area contributed by atoms with Gasteiger partial charge in [-0.15, -0.1) is 0 Å².